The van der Waals surface area contributed by atoms with Crippen LogP contribution in [0, 0.1) is 5.92 Å². The van der Waals surface area contributed by atoms with Gasteiger partial charge >= 0.3 is 0 Å². The van der Waals surface area contributed by atoms with Gasteiger partial charge in [0.05, 0.1) is 26.4 Å². The number of benzene rings is 1. The average Bonchev–Trinajstić information content (AvgIpc) is 2.27. The molecule has 1 atom stereocenters. The van der Waals surface area contributed by atoms with Crippen molar-refractivity contribution < 1.29 is 8.42 Å². The molecule has 1 aliphatic heterocycles. The van der Waals surface area contributed by atoms with Crippen LogP contribution in [0.1, 0.15) is 6.92 Å². The van der Waals surface area contributed by atoms with Crippen LogP contribution in [0.15, 0.2) is 17.0 Å². The molecule has 1 heterocycles. The molecule has 1 aromatic rings. The van der Waals surface area contributed by atoms with Crippen LogP contribution in [0.3, 0.4) is 0 Å². The first-order chi connectivity index (χ1) is 7.40. The van der Waals surface area contributed by atoms with Gasteiger partial charge in [-0.2, -0.15) is 0 Å². The number of sulfone groups is 1. The van der Waals surface area contributed by atoms with Gasteiger partial charge in [0.1, 0.15) is 0 Å². The van der Waals surface area contributed by atoms with E-state index < -0.39 is 9.84 Å². The third-order valence-electron chi connectivity index (χ3n) is 2.50. The van der Waals surface area contributed by atoms with Crippen molar-refractivity contribution in [1.29, 1.82) is 0 Å². The van der Waals surface area contributed by atoms with Crippen LogP contribution in [0.4, 0.5) is 5.69 Å². The van der Waals surface area contributed by atoms with Crippen LogP contribution < -0.4 is 5.32 Å². The molecule has 0 radical (unpaired) electrons. The second-order valence-electron chi connectivity index (χ2n) is 4.03. The summed E-state index contributed by atoms with van der Waals surface area (Å²) in [7, 11) is -3.27. The fraction of sp³-hybridized carbons (Fsp3) is 0.400. The predicted octanol–water partition coefficient (Wildman–Crippen LogP) is 2.83. The van der Waals surface area contributed by atoms with E-state index in [1.165, 1.54) is 6.07 Å². The molecule has 2 rings (SSSR count). The highest BCUT2D eigenvalue weighted by Gasteiger charge is 2.26. The van der Waals surface area contributed by atoms with Crippen molar-refractivity contribution in [3.8, 4) is 0 Å². The van der Waals surface area contributed by atoms with Crippen molar-refractivity contribution in [2.45, 2.75) is 11.8 Å². The van der Waals surface area contributed by atoms with Crippen LogP contribution in [0.5, 0.6) is 0 Å². The van der Waals surface area contributed by atoms with E-state index in [2.05, 4.69) is 5.32 Å². The van der Waals surface area contributed by atoms with Gasteiger partial charge in [0, 0.05) is 6.54 Å². The number of halogens is 2. The van der Waals surface area contributed by atoms with E-state index >= 15 is 0 Å². The third-order valence-corrected chi connectivity index (χ3v) is 5.24. The van der Waals surface area contributed by atoms with E-state index in [1.807, 2.05) is 6.92 Å². The maximum atomic E-state index is 12.0. The molecule has 0 amide bonds. The molecule has 6 heteroatoms. The Labute approximate surface area is 105 Å². The first kappa shape index (κ1) is 12.0. The summed E-state index contributed by atoms with van der Waals surface area (Å²) in [6.07, 6.45) is 0. The zero-order valence-electron chi connectivity index (χ0n) is 8.63. The lowest BCUT2D eigenvalue weighted by Gasteiger charge is -2.08. The van der Waals surface area contributed by atoms with Crippen molar-refractivity contribution in [3.05, 3.63) is 22.2 Å². The summed E-state index contributed by atoms with van der Waals surface area (Å²) in [5.41, 5.74) is 0.541. The second-order valence-corrected chi connectivity index (χ2v) is 6.85. The molecule has 88 valence electrons. The smallest absolute Gasteiger partial charge is 0.180 e. The lowest BCUT2D eigenvalue weighted by molar-refractivity contribution is 0.582. The molecular formula is C10H11Cl2NO2S. The lowest BCUT2D eigenvalue weighted by atomic mass is 10.2. The Morgan fingerprint density at radius 1 is 1.31 bits per heavy atom. The zero-order chi connectivity index (χ0) is 11.9. The zero-order valence-corrected chi connectivity index (χ0v) is 11.0. The van der Waals surface area contributed by atoms with E-state index in [9.17, 15) is 8.42 Å². The van der Waals surface area contributed by atoms with Gasteiger partial charge in [0.25, 0.3) is 0 Å². The number of nitrogens with one attached hydrogen (secondary N) is 1. The van der Waals surface area contributed by atoms with Crippen LogP contribution in [0.2, 0.25) is 10.0 Å². The molecule has 1 unspecified atom stereocenters. The largest absolute Gasteiger partial charge is 0.384 e. The van der Waals surface area contributed by atoms with Crippen molar-refractivity contribution in [1.82, 2.24) is 0 Å². The minimum absolute atomic E-state index is 0.0648. The Morgan fingerprint density at radius 3 is 2.62 bits per heavy atom. The number of anilines is 1. The number of hydrogen-bond donors (Lipinski definition) is 1. The van der Waals surface area contributed by atoms with Gasteiger partial charge in [0.2, 0.25) is 0 Å². The van der Waals surface area contributed by atoms with Crippen LogP contribution in [-0.2, 0) is 9.84 Å². The lowest BCUT2D eigenvalue weighted by Crippen LogP contribution is -2.15. The van der Waals surface area contributed by atoms with E-state index in [4.69, 9.17) is 23.2 Å². The molecule has 0 saturated carbocycles. The quantitative estimate of drug-likeness (QED) is 0.794. The molecule has 1 aliphatic rings. The summed E-state index contributed by atoms with van der Waals surface area (Å²) in [5.74, 6) is 0.195. The molecule has 1 aromatic carbocycles. The highest BCUT2D eigenvalue weighted by Crippen LogP contribution is 2.34. The van der Waals surface area contributed by atoms with E-state index in [-0.39, 0.29) is 21.6 Å². The van der Waals surface area contributed by atoms with Gasteiger partial charge < -0.3 is 5.32 Å². The second kappa shape index (κ2) is 4.09. The molecule has 1 N–H and O–H groups in total. The molecule has 16 heavy (non-hydrogen) atoms. The highest BCUT2D eigenvalue weighted by molar-refractivity contribution is 7.91. The van der Waals surface area contributed by atoms with Crippen molar-refractivity contribution in [3.63, 3.8) is 0 Å². The Kier molecular flexibility index (Phi) is 3.07. The first-order valence-corrected chi connectivity index (χ1v) is 7.26. The minimum atomic E-state index is -3.27. The van der Waals surface area contributed by atoms with Crippen molar-refractivity contribution >= 4 is 38.7 Å². The summed E-state index contributed by atoms with van der Waals surface area (Å²) < 4.78 is 24.1. The molecule has 0 fully saturated rings. The molecular weight excluding hydrogens is 269 g/mol. The van der Waals surface area contributed by atoms with E-state index in [1.54, 1.807) is 6.07 Å². The maximum Gasteiger partial charge on any atom is 0.180 e. The topological polar surface area (TPSA) is 46.2 Å². The van der Waals surface area contributed by atoms with Crippen molar-refractivity contribution in [2.24, 2.45) is 5.92 Å². The monoisotopic (exact) mass is 279 g/mol. The van der Waals surface area contributed by atoms with Crippen LogP contribution >= 0.6 is 23.2 Å². The van der Waals surface area contributed by atoms with Crippen molar-refractivity contribution in [2.75, 3.05) is 17.6 Å². The fourth-order valence-electron chi connectivity index (χ4n) is 1.73. The molecule has 3 nitrogen and oxygen atoms in total. The first-order valence-electron chi connectivity index (χ1n) is 4.86. The summed E-state index contributed by atoms with van der Waals surface area (Å²) >= 11 is 11.7. The molecule has 0 bridgehead atoms. The minimum Gasteiger partial charge on any atom is -0.384 e. The summed E-state index contributed by atoms with van der Waals surface area (Å²) in [6, 6.07) is 2.98. The molecule has 0 spiro atoms. The Hall–Kier alpha value is -0.450. The number of hydrogen-bond acceptors (Lipinski definition) is 3. The number of rotatable bonds is 0. The molecule has 0 aliphatic carbocycles. The van der Waals surface area contributed by atoms with Gasteiger partial charge in [-0.05, 0) is 18.1 Å². The van der Waals surface area contributed by atoms with Gasteiger partial charge in [-0.15, -0.1) is 0 Å². The fourth-order valence-corrected chi connectivity index (χ4v) is 3.93. The summed E-state index contributed by atoms with van der Waals surface area (Å²) in [4.78, 5) is 0.242. The van der Waals surface area contributed by atoms with Gasteiger partial charge in [-0.25, -0.2) is 8.42 Å². The Morgan fingerprint density at radius 2 is 1.94 bits per heavy atom. The number of fused-ring (bicyclic) bond motifs is 1. The Balaban J connectivity index is 2.64. The predicted molar refractivity (Wildman–Crippen MR) is 66.2 cm³/mol. The highest BCUT2D eigenvalue weighted by atomic mass is 35.5. The van der Waals surface area contributed by atoms with E-state index in [0.717, 1.165) is 0 Å². The van der Waals surface area contributed by atoms with Gasteiger partial charge in [-0.3, -0.25) is 0 Å². The van der Waals surface area contributed by atoms with E-state index in [0.29, 0.717) is 17.3 Å². The summed E-state index contributed by atoms with van der Waals surface area (Å²) in [6.45, 7) is 2.50. The Bertz CT molecular complexity index is 528. The normalized spacial score (nSPS) is 23.1. The summed E-state index contributed by atoms with van der Waals surface area (Å²) in [5, 5.41) is 3.70. The standard InChI is InChI=1S/C10H11Cl2NO2S/c1-6-4-13-9-2-7(11)8(12)3-10(9)16(14,15)5-6/h2-3,6,13H,4-5H2,1H3. The third kappa shape index (κ3) is 2.14. The van der Waals surface area contributed by atoms with Crippen LogP contribution in [-0.4, -0.2) is 20.7 Å². The maximum absolute atomic E-state index is 12.0. The van der Waals surface area contributed by atoms with Crippen LogP contribution in [0.25, 0.3) is 0 Å². The molecule has 0 saturated heterocycles. The van der Waals surface area contributed by atoms with Gasteiger partial charge in [0.15, 0.2) is 9.84 Å². The molecule has 0 aromatic heterocycles. The SMILES string of the molecule is CC1CNc2cc(Cl)c(Cl)cc2S(=O)(=O)C1. The van der Waals surface area contributed by atoms with Gasteiger partial charge in [-0.1, -0.05) is 30.1 Å². The average molecular weight is 280 g/mol.